The fourth-order valence-electron chi connectivity index (χ4n) is 5.17. The molecule has 4 rings (SSSR count). The third-order valence-corrected chi connectivity index (χ3v) is 6.61. The van der Waals surface area contributed by atoms with E-state index in [1.807, 2.05) is 12.4 Å². The van der Waals surface area contributed by atoms with Crippen molar-refractivity contribution in [3.8, 4) is 0 Å². The molecule has 0 aromatic carbocycles. The normalized spacial score (nSPS) is 32.8. The molecule has 3 fully saturated rings. The number of rotatable bonds is 4. The zero-order valence-corrected chi connectivity index (χ0v) is 15.3. The monoisotopic (exact) mass is 342 g/mol. The third kappa shape index (κ3) is 3.20. The lowest BCUT2D eigenvalue weighted by Gasteiger charge is -2.38. The van der Waals surface area contributed by atoms with Crippen molar-refractivity contribution < 1.29 is 4.79 Å². The molecular weight excluding hydrogens is 312 g/mol. The Balaban J connectivity index is 1.40. The van der Waals surface area contributed by atoms with Crippen molar-refractivity contribution in [3.05, 3.63) is 30.1 Å². The lowest BCUT2D eigenvalue weighted by molar-refractivity contribution is -0.143. The molecule has 0 radical (unpaired) electrons. The Morgan fingerprint density at radius 2 is 2.08 bits per heavy atom. The number of hydrogen-bond acceptors (Lipinski definition) is 4. The quantitative estimate of drug-likeness (QED) is 0.910. The van der Waals surface area contributed by atoms with Gasteiger partial charge in [-0.1, -0.05) is 6.92 Å². The van der Waals surface area contributed by atoms with E-state index in [2.05, 4.69) is 39.2 Å². The Hall–Kier alpha value is -1.46. The molecule has 1 aromatic heterocycles. The zero-order chi connectivity index (χ0) is 17.3. The fraction of sp³-hybridized carbons (Fsp3) is 0.700. The summed E-state index contributed by atoms with van der Waals surface area (Å²) in [6.45, 7) is 6.96. The molecule has 4 heterocycles. The minimum absolute atomic E-state index is 0.136. The van der Waals surface area contributed by atoms with Gasteiger partial charge in [-0.15, -0.1) is 0 Å². The summed E-state index contributed by atoms with van der Waals surface area (Å²) >= 11 is 0. The Bertz CT molecular complexity index is 607. The van der Waals surface area contributed by atoms with E-state index in [9.17, 15) is 4.79 Å². The second kappa shape index (κ2) is 7.04. The molecule has 0 saturated carbocycles. The van der Waals surface area contributed by atoms with Gasteiger partial charge in [-0.2, -0.15) is 0 Å². The van der Waals surface area contributed by atoms with Crippen LogP contribution in [-0.2, 0) is 11.3 Å². The summed E-state index contributed by atoms with van der Waals surface area (Å²) in [5, 5.41) is 3.68. The minimum atomic E-state index is -0.136. The Kier molecular flexibility index (Phi) is 4.78. The molecule has 3 saturated heterocycles. The smallest absolute Gasteiger partial charge is 0.230 e. The van der Waals surface area contributed by atoms with E-state index in [1.165, 1.54) is 18.4 Å². The lowest BCUT2D eigenvalue weighted by atomic mass is 9.71. The van der Waals surface area contributed by atoms with E-state index in [-0.39, 0.29) is 5.41 Å². The number of nitrogens with one attached hydrogen (secondary N) is 1. The molecule has 3 aliphatic rings. The summed E-state index contributed by atoms with van der Waals surface area (Å²) in [5.41, 5.74) is 1.17. The van der Waals surface area contributed by atoms with Crippen LogP contribution in [0.15, 0.2) is 24.5 Å². The summed E-state index contributed by atoms with van der Waals surface area (Å²) in [7, 11) is 0. The molecule has 3 atom stereocenters. The molecule has 0 unspecified atom stereocenters. The SMILES string of the molecule is CC[C@@]1(C(=O)N2CCCN(Cc3ccncc3)CC2)C[C@@H]2CC[C@H]1N2. The number of amides is 1. The van der Waals surface area contributed by atoms with Crippen LogP contribution in [-0.4, -0.2) is 59.0 Å². The highest BCUT2D eigenvalue weighted by Gasteiger charge is 2.55. The number of carbonyl (C=O) groups is 1. The van der Waals surface area contributed by atoms with Crippen LogP contribution in [0, 0.1) is 5.41 Å². The molecule has 3 aliphatic heterocycles. The van der Waals surface area contributed by atoms with Gasteiger partial charge in [-0.3, -0.25) is 14.7 Å². The van der Waals surface area contributed by atoms with Crippen molar-refractivity contribution in [2.45, 2.75) is 57.7 Å². The van der Waals surface area contributed by atoms with Crippen molar-refractivity contribution in [2.24, 2.45) is 5.41 Å². The molecule has 2 bridgehead atoms. The highest BCUT2D eigenvalue weighted by atomic mass is 16.2. The number of carbonyl (C=O) groups excluding carboxylic acids is 1. The minimum Gasteiger partial charge on any atom is -0.341 e. The number of pyridine rings is 1. The molecular formula is C20H30N4O. The third-order valence-electron chi connectivity index (χ3n) is 6.61. The molecule has 1 N–H and O–H groups in total. The van der Waals surface area contributed by atoms with Crippen LogP contribution in [0.1, 0.15) is 44.6 Å². The van der Waals surface area contributed by atoms with Crippen molar-refractivity contribution >= 4 is 5.91 Å². The number of nitrogens with zero attached hydrogens (tertiary/aromatic N) is 3. The fourth-order valence-corrected chi connectivity index (χ4v) is 5.17. The highest BCUT2D eigenvalue weighted by Crippen LogP contribution is 2.47. The second-order valence-corrected chi connectivity index (χ2v) is 7.98. The maximum absolute atomic E-state index is 13.4. The van der Waals surface area contributed by atoms with Gasteiger partial charge in [0.25, 0.3) is 0 Å². The maximum Gasteiger partial charge on any atom is 0.230 e. The van der Waals surface area contributed by atoms with Crippen LogP contribution < -0.4 is 5.32 Å². The van der Waals surface area contributed by atoms with Crippen molar-refractivity contribution in [2.75, 3.05) is 26.2 Å². The summed E-state index contributed by atoms with van der Waals surface area (Å²) in [4.78, 5) is 22.2. The predicted molar refractivity (Wildman–Crippen MR) is 98.0 cm³/mol. The van der Waals surface area contributed by atoms with Gasteiger partial charge in [-0.05, 0) is 49.8 Å². The Morgan fingerprint density at radius 1 is 1.24 bits per heavy atom. The highest BCUT2D eigenvalue weighted by molar-refractivity contribution is 5.84. The molecule has 0 spiro atoms. The van der Waals surface area contributed by atoms with Gasteiger partial charge in [0.15, 0.2) is 0 Å². The molecule has 5 nitrogen and oxygen atoms in total. The lowest BCUT2D eigenvalue weighted by Crippen LogP contribution is -2.50. The van der Waals surface area contributed by atoms with E-state index in [4.69, 9.17) is 0 Å². The van der Waals surface area contributed by atoms with Gasteiger partial charge in [0.05, 0.1) is 5.41 Å². The second-order valence-electron chi connectivity index (χ2n) is 7.98. The molecule has 25 heavy (non-hydrogen) atoms. The average Bonchev–Trinajstić information content (AvgIpc) is 3.18. The number of hydrogen-bond donors (Lipinski definition) is 1. The first kappa shape index (κ1) is 17.0. The van der Waals surface area contributed by atoms with E-state index in [1.54, 1.807) is 0 Å². The topological polar surface area (TPSA) is 48.5 Å². The molecule has 1 aromatic rings. The number of aromatic nitrogens is 1. The van der Waals surface area contributed by atoms with Crippen molar-refractivity contribution in [1.82, 2.24) is 20.1 Å². The van der Waals surface area contributed by atoms with Crippen molar-refractivity contribution in [1.29, 1.82) is 0 Å². The van der Waals surface area contributed by atoms with Gasteiger partial charge in [0, 0.05) is 57.2 Å². The van der Waals surface area contributed by atoms with Crippen LogP contribution in [0.4, 0.5) is 0 Å². The first-order valence-corrected chi connectivity index (χ1v) is 9.88. The molecule has 0 aliphatic carbocycles. The van der Waals surface area contributed by atoms with E-state index >= 15 is 0 Å². The summed E-state index contributed by atoms with van der Waals surface area (Å²) in [5.74, 6) is 0.417. The van der Waals surface area contributed by atoms with E-state index < -0.39 is 0 Å². The molecule has 136 valence electrons. The van der Waals surface area contributed by atoms with Crippen LogP contribution in [0.2, 0.25) is 0 Å². The standard InChI is InChI=1S/C20H30N4O/c1-2-20(14-17-4-5-18(20)22-17)19(25)24-11-3-10-23(12-13-24)15-16-6-8-21-9-7-16/h6-9,17-18,22H,2-5,10-15H2,1H3/t17-,18+,20+/m0/s1. The van der Waals surface area contributed by atoms with Crippen LogP contribution in [0.5, 0.6) is 0 Å². The van der Waals surface area contributed by atoms with Crippen LogP contribution in [0.3, 0.4) is 0 Å². The van der Waals surface area contributed by atoms with Crippen LogP contribution in [0.25, 0.3) is 0 Å². The Labute approximate surface area is 150 Å². The Morgan fingerprint density at radius 3 is 2.76 bits per heavy atom. The van der Waals surface area contributed by atoms with Gasteiger partial charge < -0.3 is 10.2 Å². The largest absolute Gasteiger partial charge is 0.341 e. The predicted octanol–water partition coefficient (Wildman–Crippen LogP) is 2.04. The van der Waals surface area contributed by atoms with E-state index in [0.717, 1.165) is 52.0 Å². The first-order chi connectivity index (χ1) is 12.2. The summed E-state index contributed by atoms with van der Waals surface area (Å²) in [6, 6.07) is 5.15. The maximum atomic E-state index is 13.4. The zero-order valence-electron chi connectivity index (χ0n) is 15.3. The van der Waals surface area contributed by atoms with Gasteiger partial charge in [0.2, 0.25) is 5.91 Å². The summed E-state index contributed by atoms with van der Waals surface area (Å²) in [6.07, 6.45) is 9.22. The molecule has 1 amide bonds. The van der Waals surface area contributed by atoms with Crippen molar-refractivity contribution in [3.63, 3.8) is 0 Å². The van der Waals surface area contributed by atoms with Crippen LogP contribution >= 0.6 is 0 Å². The molecule has 5 heteroatoms. The van der Waals surface area contributed by atoms with Gasteiger partial charge >= 0.3 is 0 Å². The average molecular weight is 342 g/mol. The van der Waals surface area contributed by atoms with Gasteiger partial charge in [0.1, 0.15) is 0 Å². The first-order valence-electron chi connectivity index (χ1n) is 9.88. The van der Waals surface area contributed by atoms with Gasteiger partial charge in [-0.25, -0.2) is 0 Å². The number of fused-ring (bicyclic) bond motifs is 2. The van der Waals surface area contributed by atoms with E-state index in [0.29, 0.717) is 18.0 Å². The summed E-state index contributed by atoms with van der Waals surface area (Å²) < 4.78 is 0.